The molecule has 0 bridgehead atoms. The molecule has 0 aromatic heterocycles. The van der Waals surface area contributed by atoms with Crippen LogP contribution in [0.15, 0.2) is 0 Å². The molecule has 4 heteroatoms. The van der Waals surface area contributed by atoms with Crippen LogP contribution in [0.3, 0.4) is 0 Å². The van der Waals surface area contributed by atoms with Crippen LogP contribution in [0.25, 0.3) is 0 Å². The van der Waals surface area contributed by atoms with Crippen molar-refractivity contribution >= 4 is 5.91 Å². The Bertz CT molecular complexity index is 311. The van der Waals surface area contributed by atoms with E-state index in [9.17, 15) is 4.79 Å². The van der Waals surface area contributed by atoms with Crippen molar-refractivity contribution in [3.8, 4) is 0 Å². The average Bonchev–Trinajstić information content (AvgIpc) is 3.08. The molecule has 0 spiro atoms. The third kappa shape index (κ3) is 2.08. The number of nitrogens with two attached hydrogens (primary N) is 1. The quantitative estimate of drug-likeness (QED) is 0.755. The molecule has 0 aliphatic heterocycles. The van der Waals surface area contributed by atoms with Crippen LogP contribution in [-0.2, 0) is 9.53 Å². The van der Waals surface area contributed by atoms with E-state index >= 15 is 0 Å². The van der Waals surface area contributed by atoms with E-state index in [2.05, 4.69) is 19.2 Å². The maximum atomic E-state index is 12.1. The number of carbonyl (C=O) groups excluding carboxylic acids is 1. The van der Waals surface area contributed by atoms with E-state index in [4.69, 9.17) is 10.5 Å². The van der Waals surface area contributed by atoms with Gasteiger partial charge in [0.25, 0.3) is 0 Å². The first-order chi connectivity index (χ1) is 7.96. The Morgan fingerprint density at radius 3 is 2.53 bits per heavy atom. The third-order valence-electron chi connectivity index (χ3n) is 4.58. The molecule has 2 rings (SSSR count). The molecule has 2 saturated carbocycles. The lowest BCUT2D eigenvalue weighted by atomic mass is 9.64. The second-order valence-electron chi connectivity index (χ2n) is 6.01. The highest BCUT2D eigenvalue weighted by molar-refractivity contribution is 5.86. The second-order valence-corrected chi connectivity index (χ2v) is 6.01. The van der Waals surface area contributed by atoms with Gasteiger partial charge in [0.1, 0.15) is 0 Å². The van der Waals surface area contributed by atoms with Crippen LogP contribution in [0.1, 0.15) is 40.0 Å². The summed E-state index contributed by atoms with van der Waals surface area (Å²) in [5.74, 6) is 0.146. The number of carbonyl (C=O) groups is 1. The molecule has 17 heavy (non-hydrogen) atoms. The fourth-order valence-corrected chi connectivity index (χ4v) is 2.60. The summed E-state index contributed by atoms with van der Waals surface area (Å²) in [6, 6.07) is 0.232. The Kier molecular flexibility index (Phi) is 3.21. The fourth-order valence-electron chi connectivity index (χ4n) is 2.60. The number of rotatable bonds is 5. The first-order valence-electron chi connectivity index (χ1n) is 6.59. The van der Waals surface area contributed by atoms with E-state index in [1.54, 1.807) is 0 Å². The summed E-state index contributed by atoms with van der Waals surface area (Å²) in [5, 5.41) is 3.15. The minimum absolute atomic E-state index is 0.0380. The van der Waals surface area contributed by atoms with Crippen LogP contribution in [-0.4, -0.2) is 31.2 Å². The van der Waals surface area contributed by atoms with E-state index in [1.165, 1.54) is 0 Å². The Morgan fingerprint density at radius 2 is 2.12 bits per heavy atom. The zero-order valence-corrected chi connectivity index (χ0v) is 11.1. The van der Waals surface area contributed by atoms with Crippen molar-refractivity contribution in [2.45, 2.75) is 52.2 Å². The van der Waals surface area contributed by atoms with Crippen LogP contribution < -0.4 is 11.1 Å². The van der Waals surface area contributed by atoms with Crippen molar-refractivity contribution in [2.75, 3.05) is 13.2 Å². The van der Waals surface area contributed by atoms with Gasteiger partial charge in [-0.3, -0.25) is 4.79 Å². The van der Waals surface area contributed by atoms with E-state index < -0.39 is 0 Å². The average molecular weight is 240 g/mol. The van der Waals surface area contributed by atoms with Gasteiger partial charge < -0.3 is 15.8 Å². The number of ether oxygens (including phenoxy) is 1. The highest BCUT2D eigenvalue weighted by atomic mass is 16.5. The Hall–Kier alpha value is -0.610. The van der Waals surface area contributed by atoms with E-state index in [1.807, 2.05) is 6.92 Å². The largest absolute Gasteiger partial charge is 0.378 e. The predicted molar refractivity (Wildman–Crippen MR) is 66.5 cm³/mol. The van der Waals surface area contributed by atoms with Gasteiger partial charge >= 0.3 is 0 Å². The van der Waals surface area contributed by atoms with E-state index in [-0.39, 0.29) is 28.9 Å². The summed E-state index contributed by atoms with van der Waals surface area (Å²) in [7, 11) is 0. The van der Waals surface area contributed by atoms with Gasteiger partial charge in [-0.05, 0) is 26.2 Å². The summed E-state index contributed by atoms with van der Waals surface area (Å²) < 4.78 is 5.66. The van der Waals surface area contributed by atoms with Gasteiger partial charge in [-0.2, -0.15) is 0 Å². The summed E-state index contributed by atoms with van der Waals surface area (Å²) >= 11 is 0. The number of hydrogen-bond acceptors (Lipinski definition) is 3. The molecular formula is C13H24N2O2. The molecule has 0 radical (unpaired) electrons. The summed E-state index contributed by atoms with van der Waals surface area (Å²) in [5.41, 5.74) is 5.46. The maximum Gasteiger partial charge on any atom is 0.227 e. The van der Waals surface area contributed by atoms with Gasteiger partial charge in [0.2, 0.25) is 5.91 Å². The summed E-state index contributed by atoms with van der Waals surface area (Å²) in [6.45, 7) is 7.53. The first kappa shape index (κ1) is 12.8. The van der Waals surface area contributed by atoms with Gasteiger partial charge in [0, 0.05) is 24.6 Å². The van der Waals surface area contributed by atoms with Crippen molar-refractivity contribution in [1.82, 2.24) is 5.32 Å². The lowest BCUT2D eigenvalue weighted by Gasteiger charge is -2.51. The minimum atomic E-state index is -0.243. The van der Waals surface area contributed by atoms with Crippen LogP contribution in [0, 0.1) is 10.8 Å². The van der Waals surface area contributed by atoms with Crippen LogP contribution in [0.2, 0.25) is 0 Å². The molecular weight excluding hydrogens is 216 g/mol. The Labute approximate surface area is 103 Å². The molecule has 3 N–H and O–H groups in total. The van der Waals surface area contributed by atoms with E-state index in [0.717, 1.165) is 25.9 Å². The Morgan fingerprint density at radius 1 is 1.47 bits per heavy atom. The highest BCUT2D eigenvalue weighted by Crippen LogP contribution is 2.47. The summed E-state index contributed by atoms with van der Waals surface area (Å²) in [6.07, 6.45) is 3.08. The number of amides is 1. The molecule has 0 aromatic carbocycles. The molecule has 4 nitrogen and oxygen atoms in total. The molecule has 2 aliphatic rings. The molecule has 0 saturated heterocycles. The maximum absolute atomic E-state index is 12.1. The second kappa shape index (κ2) is 4.25. The molecule has 1 amide bonds. The number of nitrogens with one attached hydrogen (secondary N) is 1. The minimum Gasteiger partial charge on any atom is -0.378 e. The summed E-state index contributed by atoms with van der Waals surface area (Å²) in [4.78, 5) is 12.1. The monoisotopic (exact) mass is 240 g/mol. The topological polar surface area (TPSA) is 64.3 Å². The molecule has 0 heterocycles. The smallest absolute Gasteiger partial charge is 0.227 e. The fraction of sp³-hybridized carbons (Fsp3) is 0.923. The van der Waals surface area contributed by atoms with Crippen LogP contribution in [0.5, 0.6) is 0 Å². The van der Waals surface area contributed by atoms with Crippen molar-refractivity contribution in [1.29, 1.82) is 0 Å². The Balaban J connectivity index is 1.88. The predicted octanol–water partition coefficient (Wildman–Crippen LogP) is 1.05. The van der Waals surface area contributed by atoms with Gasteiger partial charge in [-0.15, -0.1) is 0 Å². The normalized spacial score (nSPS) is 32.7. The zero-order chi connectivity index (χ0) is 12.7. The lowest BCUT2D eigenvalue weighted by molar-refractivity contribution is -0.140. The van der Waals surface area contributed by atoms with Gasteiger partial charge in [0.15, 0.2) is 0 Å². The third-order valence-corrected chi connectivity index (χ3v) is 4.58. The molecule has 2 unspecified atom stereocenters. The molecule has 0 aromatic rings. The van der Waals surface area contributed by atoms with Gasteiger partial charge in [-0.1, -0.05) is 13.8 Å². The number of hydrogen-bond donors (Lipinski definition) is 2. The molecule has 2 atom stereocenters. The molecule has 98 valence electrons. The first-order valence-corrected chi connectivity index (χ1v) is 6.59. The van der Waals surface area contributed by atoms with Gasteiger partial charge in [-0.25, -0.2) is 0 Å². The highest BCUT2D eigenvalue weighted by Gasteiger charge is 2.54. The van der Waals surface area contributed by atoms with Crippen molar-refractivity contribution in [3.05, 3.63) is 0 Å². The van der Waals surface area contributed by atoms with Crippen molar-refractivity contribution in [2.24, 2.45) is 16.6 Å². The zero-order valence-electron chi connectivity index (χ0n) is 11.1. The molecule has 2 aliphatic carbocycles. The van der Waals surface area contributed by atoms with Crippen LogP contribution >= 0.6 is 0 Å². The van der Waals surface area contributed by atoms with Crippen molar-refractivity contribution < 1.29 is 9.53 Å². The van der Waals surface area contributed by atoms with Gasteiger partial charge in [0.05, 0.1) is 11.5 Å². The van der Waals surface area contributed by atoms with Crippen molar-refractivity contribution in [3.63, 3.8) is 0 Å². The molecule has 2 fully saturated rings. The van der Waals surface area contributed by atoms with Crippen LogP contribution in [0.4, 0.5) is 0 Å². The SMILES string of the molecule is CCOC1CC(NC(=O)C2(CN)CC2)C1(C)C. The standard InChI is InChI=1S/C13H24N2O2/c1-4-17-10-7-9(12(10,2)3)15-11(16)13(8-14)5-6-13/h9-10H,4-8,14H2,1-3H3,(H,15,16). The lowest BCUT2D eigenvalue weighted by Crippen LogP contribution is -2.63. The van der Waals surface area contributed by atoms with E-state index in [0.29, 0.717) is 6.54 Å².